The number of halogens is 2. The van der Waals surface area contributed by atoms with Crippen molar-refractivity contribution in [3.05, 3.63) is 76.7 Å². The first-order valence-corrected chi connectivity index (χ1v) is 7.67. The summed E-state index contributed by atoms with van der Waals surface area (Å²) in [6.45, 7) is 0. The third kappa shape index (κ3) is 5.03. The van der Waals surface area contributed by atoms with E-state index in [4.69, 9.17) is 0 Å². The summed E-state index contributed by atoms with van der Waals surface area (Å²) < 4.78 is 1.63. The van der Waals surface area contributed by atoms with E-state index in [1.807, 2.05) is 18.2 Å². The van der Waals surface area contributed by atoms with Crippen LogP contribution in [0.4, 0.5) is 11.4 Å². The Morgan fingerprint density at radius 3 is 1.83 bits per heavy atom. The second kappa shape index (κ2) is 8.99. The summed E-state index contributed by atoms with van der Waals surface area (Å²) in [4.78, 5) is 39.8. The molecule has 0 aliphatic rings. The molecule has 0 amide bonds. The van der Waals surface area contributed by atoms with E-state index in [0.29, 0.717) is 5.56 Å². The molecule has 0 radical (unpaired) electrons. The van der Waals surface area contributed by atoms with Crippen LogP contribution >= 0.6 is 31.9 Å². The highest BCUT2D eigenvalue weighted by molar-refractivity contribution is 9.11. The van der Waals surface area contributed by atoms with E-state index >= 15 is 0 Å². The topological polar surface area (TPSA) is 120 Å². The van der Waals surface area contributed by atoms with Crippen molar-refractivity contribution < 1.29 is 19.4 Å². The number of aldehydes is 2. The van der Waals surface area contributed by atoms with E-state index in [0.717, 1.165) is 33.4 Å². The minimum atomic E-state index is -0.837. The zero-order valence-corrected chi connectivity index (χ0v) is 14.9. The van der Waals surface area contributed by atoms with Gasteiger partial charge in [-0.25, -0.2) is 0 Å². The number of carbonyl (C=O) groups excluding carboxylic acids is 2. The fourth-order valence-electron chi connectivity index (χ4n) is 1.53. The molecule has 0 aliphatic heterocycles. The first kappa shape index (κ1) is 19.6. The summed E-state index contributed by atoms with van der Waals surface area (Å²) in [5, 5.41) is 20.6. The lowest BCUT2D eigenvalue weighted by Gasteiger charge is -1.96. The standard InChI is InChI=1S/C7H4Br2O.C7H4N2O5/c8-6-2-1-3-7(9)5(6)4-10;10-4-5-1-2-6(8(11)12)3-7(5)9(13)14/h1-4H;1-4H. The minimum absolute atomic E-state index is 0.180. The normalized spacial score (nSPS) is 9.42. The molecule has 8 nitrogen and oxygen atoms in total. The highest BCUT2D eigenvalue weighted by atomic mass is 79.9. The van der Waals surface area contributed by atoms with E-state index in [9.17, 15) is 29.8 Å². The van der Waals surface area contributed by atoms with Crippen molar-refractivity contribution in [2.75, 3.05) is 0 Å². The van der Waals surface area contributed by atoms with Crippen molar-refractivity contribution in [1.29, 1.82) is 0 Å². The Kier molecular flexibility index (Phi) is 7.33. The van der Waals surface area contributed by atoms with Crippen LogP contribution in [0.15, 0.2) is 45.3 Å². The molecule has 2 aromatic rings. The van der Waals surface area contributed by atoms with Gasteiger partial charge in [0.2, 0.25) is 0 Å². The highest BCUT2D eigenvalue weighted by Crippen LogP contribution is 2.23. The largest absolute Gasteiger partial charge is 0.298 e. The number of hydrogen-bond acceptors (Lipinski definition) is 6. The lowest BCUT2D eigenvalue weighted by molar-refractivity contribution is -0.394. The van der Waals surface area contributed by atoms with Gasteiger partial charge < -0.3 is 0 Å². The zero-order chi connectivity index (χ0) is 18.3. The van der Waals surface area contributed by atoms with Gasteiger partial charge in [-0.05, 0) is 18.2 Å². The summed E-state index contributed by atoms with van der Waals surface area (Å²) in [6.07, 6.45) is 1.09. The predicted molar refractivity (Wildman–Crippen MR) is 92.4 cm³/mol. The maximum absolute atomic E-state index is 10.4. The first-order valence-electron chi connectivity index (χ1n) is 6.09. The number of benzene rings is 2. The molecule has 0 unspecified atom stereocenters. The molecule has 0 aromatic heterocycles. The number of non-ortho nitro benzene ring substituents is 1. The summed E-state index contributed by atoms with van der Waals surface area (Å²) in [5.41, 5.74) is -0.500. The van der Waals surface area contributed by atoms with E-state index in [1.165, 1.54) is 0 Å². The Bertz CT molecular complexity index is 790. The van der Waals surface area contributed by atoms with E-state index in [-0.39, 0.29) is 11.8 Å². The maximum atomic E-state index is 10.4. The van der Waals surface area contributed by atoms with Crippen molar-refractivity contribution in [2.24, 2.45) is 0 Å². The molecule has 0 fully saturated rings. The molecule has 0 spiro atoms. The van der Waals surface area contributed by atoms with Crippen molar-refractivity contribution in [3.63, 3.8) is 0 Å². The van der Waals surface area contributed by atoms with Crippen LogP contribution in [0.5, 0.6) is 0 Å². The first-order chi connectivity index (χ1) is 11.3. The van der Waals surface area contributed by atoms with Gasteiger partial charge in [-0.15, -0.1) is 0 Å². The van der Waals surface area contributed by atoms with Crippen molar-refractivity contribution in [1.82, 2.24) is 0 Å². The third-order valence-electron chi connectivity index (χ3n) is 2.67. The van der Waals surface area contributed by atoms with Gasteiger partial charge in [0.1, 0.15) is 0 Å². The Morgan fingerprint density at radius 2 is 1.46 bits per heavy atom. The number of carbonyl (C=O) groups is 2. The molecule has 0 heterocycles. The Hall–Kier alpha value is -2.46. The van der Waals surface area contributed by atoms with Crippen LogP contribution in [0, 0.1) is 20.2 Å². The number of nitro groups is 2. The van der Waals surface area contributed by atoms with Gasteiger partial charge >= 0.3 is 0 Å². The lowest BCUT2D eigenvalue weighted by Crippen LogP contribution is -1.96. The molecular weight excluding hydrogens is 452 g/mol. The quantitative estimate of drug-likeness (QED) is 0.381. The van der Waals surface area contributed by atoms with Crippen LogP contribution in [-0.4, -0.2) is 22.4 Å². The van der Waals surface area contributed by atoms with Crippen LogP contribution in [0.2, 0.25) is 0 Å². The molecule has 2 aromatic carbocycles. The fourth-order valence-corrected chi connectivity index (χ4v) is 2.71. The van der Waals surface area contributed by atoms with Gasteiger partial charge in [-0.1, -0.05) is 37.9 Å². The lowest BCUT2D eigenvalue weighted by atomic mass is 10.2. The van der Waals surface area contributed by atoms with Crippen molar-refractivity contribution in [3.8, 4) is 0 Å². The second-order valence-corrected chi connectivity index (χ2v) is 5.84. The SMILES string of the molecule is O=Cc1c(Br)cccc1Br.O=Cc1ccc([N+](=O)[O-])cc1[N+](=O)[O-]. The number of nitro benzene ring substituents is 2. The van der Waals surface area contributed by atoms with Crippen molar-refractivity contribution in [2.45, 2.75) is 0 Å². The minimum Gasteiger partial charge on any atom is -0.298 e. The number of nitrogens with zero attached hydrogens (tertiary/aromatic N) is 2. The van der Waals surface area contributed by atoms with Crippen LogP contribution < -0.4 is 0 Å². The molecule has 0 saturated heterocycles. The summed E-state index contributed by atoms with van der Waals surface area (Å²) >= 11 is 6.49. The van der Waals surface area contributed by atoms with Gasteiger partial charge in [-0.3, -0.25) is 29.8 Å². The Labute approximate surface area is 152 Å². The zero-order valence-electron chi connectivity index (χ0n) is 11.7. The van der Waals surface area contributed by atoms with E-state index in [1.54, 1.807) is 0 Å². The Balaban J connectivity index is 0.000000254. The number of hydrogen-bond donors (Lipinski definition) is 0. The van der Waals surface area contributed by atoms with Crippen molar-refractivity contribution >= 4 is 55.8 Å². The van der Waals surface area contributed by atoms with Crippen LogP contribution in [0.3, 0.4) is 0 Å². The highest BCUT2D eigenvalue weighted by Gasteiger charge is 2.18. The summed E-state index contributed by atoms with van der Waals surface area (Å²) in [6, 6.07) is 8.36. The molecule has 0 bridgehead atoms. The molecule has 0 atom stereocenters. The second-order valence-electron chi connectivity index (χ2n) is 4.13. The molecule has 24 heavy (non-hydrogen) atoms. The molecular formula is C14H8Br2N2O6. The van der Waals surface area contributed by atoms with Gasteiger partial charge in [0.05, 0.1) is 21.5 Å². The molecule has 0 aliphatic carbocycles. The fraction of sp³-hybridized carbons (Fsp3) is 0. The monoisotopic (exact) mass is 458 g/mol. The third-order valence-corrected chi connectivity index (χ3v) is 4.05. The molecule has 124 valence electrons. The summed E-state index contributed by atoms with van der Waals surface area (Å²) in [7, 11) is 0. The molecule has 0 N–H and O–H groups in total. The summed E-state index contributed by atoms with van der Waals surface area (Å²) in [5.74, 6) is 0. The maximum Gasteiger partial charge on any atom is 0.286 e. The Morgan fingerprint density at radius 1 is 0.875 bits per heavy atom. The predicted octanol–water partition coefficient (Wildman–Crippen LogP) is 4.34. The van der Waals surface area contributed by atoms with Crippen LogP contribution in [0.1, 0.15) is 20.7 Å². The average molecular weight is 460 g/mol. The smallest absolute Gasteiger partial charge is 0.286 e. The van der Waals surface area contributed by atoms with E-state index < -0.39 is 21.2 Å². The number of rotatable bonds is 4. The molecule has 10 heteroatoms. The van der Waals surface area contributed by atoms with Gasteiger partial charge in [-0.2, -0.15) is 0 Å². The van der Waals surface area contributed by atoms with E-state index in [2.05, 4.69) is 31.9 Å². The molecule has 0 saturated carbocycles. The molecule has 2 rings (SSSR count). The van der Waals surface area contributed by atoms with Gasteiger partial charge in [0, 0.05) is 20.6 Å². The van der Waals surface area contributed by atoms with Crippen LogP contribution in [-0.2, 0) is 0 Å². The van der Waals surface area contributed by atoms with Gasteiger partial charge in [0.25, 0.3) is 11.4 Å². The average Bonchev–Trinajstić information content (AvgIpc) is 2.55. The van der Waals surface area contributed by atoms with Gasteiger partial charge in [0.15, 0.2) is 12.6 Å². The van der Waals surface area contributed by atoms with Crippen LogP contribution in [0.25, 0.3) is 0 Å².